The molecule has 0 saturated carbocycles. The Morgan fingerprint density at radius 1 is 1.52 bits per heavy atom. The number of carbonyl (C=O) groups excluding carboxylic acids is 1. The van der Waals surface area contributed by atoms with Gasteiger partial charge in [-0.25, -0.2) is 0 Å². The van der Waals surface area contributed by atoms with Crippen molar-refractivity contribution in [2.24, 2.45) is 0 Å². The second-order valence-electron chi connectivity index (χ2n) is 5.05. The van der Waals surface area contributed by atoms with E-state index in [1.54, 1.807) is 6.07 Å². The van der Waals surface area contributed by atoms with Crippen molar-refractivity contribution in [3.8, 4) is 0 Å². The summed E-state index contributed by atoms with van der Waals surface area (Å²) in [5, 5.41) is 18.0. The van der Waals surface area contributed by atoms with Crippen LogP contribution >= 0.6 is 11.6 Å². The zero-order chi connectivity index (χ0) is 16.8. The van der Waals surface area contributed by atoms with Crippen LogP contribution in [0.2, 0.25) is 5.02 Å². The van der Waals surface area contributed by atoms with Crippen molar-refractivity contribution >= 4 is 23.2 Å². The highest BCUT2D eigenvalue weighted by Gasteiger charge is 2.14. The summed E-state index contributed by atoms with van der Waals surface area (Å²) in [4.78, 5) is 22.1. The molecule has 1 heterocycles. The number of hydrogen-bond acceptors (Lipinski definition) is 4. The van der Waals surface area contributed by atoms with Gasteiger partial charge in [-0.05, 0) is 24.1 Å². The van der Waals surface area contributed by atoms with E-state index in [0.29, 0.717) is 5.02 Å². The van der Waals surface area contributed by atoms with E-state index >= 15 is 0 Å². The minimum Gasteiger partial charge on any atom is -0.349 e. The molecule has 0 aliphatic heterocycles. The molecular formula is C15H17ClN4O3. The lowest BCUT2D eigenvalue weighted by Crippen LogP contribution is -2.28. The molecule has 7 nitrogen and oxygen atoms in total. The number of hydrogen-bond donors (Lipinski definition) is 1. The first kappa shape index (κ1) is 17.0. The van der Waals surface area contributed by atoms with Crippen LogP contribution in [-0.4, -0.2) is 20.6 Å². The minimum atomic E-state index is -0.518. The van der Waals surface area contributed by atoms with Gasteiger partial charge in [-0.15, -0.1) is 0 Å². The van der Waals surface area contributed by atoms with Gasteiger partial charge in [-0.2, -0.15) is 5.10 Å². The largest absolute Gasteiger partial charge is 0.349 e. The lowest BCUT2D eigenvalue weighted by atomic mass is 10.0. The topological polar surface area (TPSA) is 90.1 Å². The number of carbonyl (C=O) groups is 1. The molecule has 0 fully saturated rings. The second kappa shape index (κ2) is 7.73. The van der Waals surface area contributed by atoms with E-state index in [9.17, 15) is 14.9 Å². The highest BCUT2D eigenvalue weighted by atomic mass is 35.5. The Morgan fingerprint density at radius 2 is 2.30 bits per heavy atom. The van der Waals surface area contributed by atoms with Crippen molar-refractivity contribution in [3.63, 3.8) is 0 Å². The molecule has 0 aliphatic carbocycles. The molecule has 1 unspecified atom stereocenters. The molecule has 2 rings (SSSR count). The average Bonchev–Trinajstić information content (AvgIpc) is 3.00. The minimum absolute atomic E-state index is 0.0872. The summed E-state index contributed by atoms with van der Waals surface area (Å²) in [5.74, 6) is -0.144. The summed E-state index contributed by atoms with van der Waals surface area (Å²) >= 11 is 5.97. The number of nitrogens with one attached hydrogen (secondary N) is 1. The summed E-state index contributed by atoms with van der Waals surface area (Å²) in [6.07, 6.45) is 3.40. The van der Waals surface area contributed by atoms with Gasteiger partial charge in [0.05, 0.1) is 11.0 Å². The molecule has 0 saturated heterocycles. The standard InChI is InChI=1S/C15H17ClN4O3/c1-2-14(11-4-3-5-12(16)8-11)18-15(21)6-7-19-10-13(9-17-19)20(22)23/h3-5,8-10,14H,2,6-7H2,1H3,(H,18,21). The summed E-state index contributed by atoms with van der Waals surface area (Å²) in [7, 11) is 0. The van der Waals surface area contributed by atoms with Crippen LogP contribution in [0.25, 0.3) is 0 Å². The van der Waals surface area contributed by atoms with Crippen LogP contribution in [0.3, 0.4) is 0 Å². The van der Waals surface area contributed by atoms with E-state index in [4.69, 9.17) is 11.6 Å². The quantitative estimate of drug-likeness (QED) is 0.621. The van der Waals surface area contributed by atoms with Crippen LogP contribution in [0.4, 0.5) is 5.69 Å². The monoisotopic (exact) mass is 336 g/mol. The number of rotatable bonds is 7. The van der Waals surface area contributed by atoms with Gasteiger partial charge in [-0.3, -0.25) is 19.6 Å². The van der Waals surface area contributed by atoms with Gasteiger partial charge < -0.3 is 5.32 Å². The van der Waals surface area contributed by atoms with Crippen LogP contribution in [0.15, 0.2) is 36.7 Å². The number of benzene rings is 1. The highest BCUT2D eigenvalue weighted by Crippen LogP contribution is 2.20. The van der Waals surface area contributed by atoms with Gasteiger partial charge in [0.1, 0.15) is 12.4 Å². The Kier molecular flexibility index (Phi) is 5.70. The Bertz CT molecular complexity index is 702. The molecule has 23 heavy (non-hydrogen) atoms. The molecule has 0 radical (unpaired) electrons. The van der Waals surface area contributed by atoms with Crippen LogP contribution in [0.5, 0.6) is 0 Å². The van der Waals surface area contributed by atoms with Gasteiger partial charge in [0.2, 0.25) is 5.91 Å². The summed E-state index contributed by atoms with van der Waals surface area (Å²) in [6, 6.07) is 7.25. The molecule has 1 atom stereocenters. The van der Waals surface area contributed by atoms with Crippen LogP contribution in [-0.2, 0) is 11.3 Å². The van der Waals surface area contributed by atoms with E-state index in [0.717, 1.165) is 12.0 Å². The maximum atomic E-state index is 12.1. The predicted octanol–water partition coefficient (Wildman–Crippen LogP) is 3.10. The van der Waals surface area contributed by atoms with Gasteiger partial charge in [0.25, 0.3) is 0 Å². The van der Waals surface area contributed by atoms with Crippen LogP contribution in [0.1, 0.15) is 31.4 Å². The van der Waals surface area contributed by atoms with E-state index in [2.05, 4.69) is 10.4 Å². The third-order valence-electron chi connectivity index (χ3n) is 3.39. The van der Waals surface area contributed by atoms with Crippen LogP contribution in [0, 0.1) is 10.1 Å². The number of aromatic nitrogens is 2. The maximum absolute atomic E-state index is 12.1. The van der Waals surface area contributed by atoms with Gasteiger partial charge in [-0.1, -0.05) is 30.7 Å². The van der Waals surface area contributed by atoms with Crippen molar-refractivity contribution in [2.75, 3.05) is 0 Å². The summed E-state index contributed by atoms with van der Waals surface area (Å²) < 4.78 is 1.39. The van der Waals surface area contributed by atoms with Crippen molar-refractivity contribution in [3.05, 3.63) is 57.4 Å². The first-order valence-corrected chi connectivity index (χ1v) is 7.59. The summed E-state index contributed by atoms with van der Waals surface area (Å²) in [6.45, 7) is 2.26. The van der Waals surface area contributed by atoms with Gasteiger partial charge in [0.15, 0.2) is 0 Å². The predicted molar refractivity (Wildman–Crippen MR) is 86.1 cm³/mol. The normalized spacial score (nSPS) is 11.9. The summed E-state index contributed by atoms with van der Waals surface area (Å²) in [5.41, 5.74) is 0.860. The molecule has 1 aromatic carbocycles. The molecule has 0 aliphatic rings. The van der Waals surface area contributed by atoms with E-state index in [1.165, 1.54) is 17.1 Å². The number of amides is 1. The Labute approximate surface area is 138 Å². The van der Waals surface area contributed by atoms with Gasteiger partial charge in [0, 0.05) is 18.0 Å². The fourth-order valence-electron chi connectivity index (χ4n) is 2.20. The maximum Gasteiger partial charge on any atom is 0.306 e. The first-order chi connectivity index (χ1) is 11.0. The number of halogens is 1. The zero-order valence-corrected chi connectivity index (χ0v) is 13.4. The van der Waals surface area contributed by atoms with Crippen molar-refractivity contribution < 1.29 is 9.72 Å². The number of nitro groups is 1. The van der Waals surface area contributed by atoms with E-state index in [-0.39, 0.29) is 30.6 Å². The second-order valence-corrected chi connectivity index (χ2v) is 5.49. The Hall–Kier alpha value is -2.41. The highest BCUT2D eigenvalue weighted by molar-refractivity contribution is 6.30. The zero-order valence-electron chi connectivity index (χ0n) is 12.6. The first-order valence-electron chi connectivity index (χ1n) is 7.21. The Morgan fingerprint density at radius 3 is 2.91 bits per heavy atom. The fraction of sp³-hybridized carbons (Fsp3) is 0.333. The molecular weight excluding hydrogens is 320 g/mol. The third-order valence-corrected chi connectivity index (χ3v) is 3.63. The SMILES string of the molecule is CCC(NC(=O)CCn1cc([N+](=O)[O-])cn1)c1cccc(Cl)c1. The van der Waals surface area contributed by atoms with E-state index in [1.807, 2.05) is 25.1 Å². The van der Waals surface area contributed by atoms with Crippen LogP contribution < -0.4 is 5.32 Å². The smallest absolute Gasteiger partial charge is 0.306 e. The Balaban J connectivity index is 1.91. The number of nitrogens with zero attached hydrogens (tertiary/aromatic N) is 3. The molecule has 2 aromatic rings. The number of aryl methyl sites for hydroxylation is 1. The third kappa shape index (κ3) is 4.79. The van der Waals surface area contributed by atoms with Crippen molar-refractivity contribution in [1.29, 1.82) is 0 Å². The molecule has 8 heteroatoms. The van der Waals surface area contributed by atoms with Crippen molar-refractivity contribution in [1.82, 2.24) is 15.1 Å². The molecule has 0 bridgehead atoms. The van der Waals surface area contributed by atoms with Crippen molar-refractivity contribution in [2.45, 2.75) is 32.4 Å². The molecule has 0 spiro atoms. The lowest BCUT2D eigenvalue weighted by Gasteiger charge is -2.17. The average molecular weight is 337 g/mol. The molecule has 1 aromatic heterocycles. The molecule has 1 amide bonds. The fourth-order valence-corrected chi connectivity index (χ4v) is 2.39. The molecule has 122 valence electrons. The molecule has 1 N–H and O–H groups in total. The lowest BCUT2D eigenvalue weighted by molar-refractivity contribution is -0.385. The van der Waals surface area contributed by atoms with Gasteiger partial charge >= 0.3 is 5.69 Å². The van der Waals surface area contributed by atoms with E-state index < -0.39 is 4.92 Å².